The molecule has 0 aliphatic carbocycles. The second kappa shape index (κ2) is 7.58. The van der Waals surface area contributed by atoms with E-state index in [-0.39, 0.29) is 5.56 Å². The molecule has 1 N–H and O–H groups in total. The largest absolute Gasteiger partial charge is 0.306 e. The van der Waals surface area contributed by atoms with Crippen LogP contribution in [0.4, 0.5) is 0 Å². The molecule has 0 saturated carbocycles. The molecule has 5 heteroatoms. The van der Waals surface area contributed by atoms with E-state index < -0.39 is 0 Å². The number of halogens is 1. The third-order valence-electron chi connectivity index (χ3n) is 4.95. The molecular formula is C25H16ClN3O. The molecule has 5 aromatic rings. The van der Waals surface area contributed by atoms with Gasteiger partial charge >= 0.3 is 0 Å². The number of nitrogens with zero attached hydrogens (tertiary/aromatic N) is 2. The Morgan fingerprint density at radius 2 is 1.33 bits per heavy atom. The SMILES string of the molecule is O=c1[nH]c(-c2ccccc2)nc2nc(-c3ccc(Cl)cc3)cc(-c3ccccc3)c12. The number of nitrogens with one attached hydrogen (secondary N) is 1. The number of hydrogen-bond acceptors (Lipinski definition) is 3. The third kappa shape index (κ3) is 3.38. The van der Waals surface area contributed by atoms with Gasteiger partial charge in [-0.25, -0.2) is 9.97 Å². The van der Waals surface area contributed by atoms with Crippen LogP contribution in [0.5, 0.6) is 0 Å². The Morgan fingerprint density at radius 1 is 0.700 bits per heavy atom. The fourth-order valence-electron chi connectivity index (χ4n) is 3.49. The molecule has 0 saturated heterocycles. The zero-order valence-electron chi connectivity index (χ0n) is 15.8. The minimum atomic E-state index is -0.215. The molecule has 144 valence electrons. The van der Waals surface area contributed by atoms with Gasteiger partial charge in [-0.05, 0) is 23.8 Å². The van der Waals surface area contributed by atoms with Crippen LogP contribution in [0.2, 0.25) is 5.02 Å². The number of hydrogen-bond donors (Lipinski definition) is 1. The maximum absolute atomic E-state index is 13.1. The quantitative estimate of drug-likeness (QED) is 0.399. The van der Waals surface area contributed by atoms with Gasteiger partial charge in [0.25, 0.3) is 5.56 Å². The van der Waals surface area contributed by atoms with Crippen molar-refractivity contribution in [2.45, 2.75) is 0 Å². The van der Waals surface area contributed by atoms with Crippen molar-refractivity contribution in [3.8, 4) is 33.8 Å². The van der Waals surface area contributed by atoms with Crippen LogP contribution in [0.1, 0.15) is 0 Å². The van der Waals surface area contributed by atoms with E-state index in [0.717, 1.165) is 27.9 Å². The second-order valence-corrected chi connectivity index (χ2v) is 7.34. The standard InChI is InChI=1S/C25H16ClN3O/c26-19-13-11-17(12-14-19)21-15-20(16-7-3-1-4-8-16)22-24(27-21)28-23(29-25(22)30)18-9-5-2-6-10-18/h1-15H,(H,27,28,29,30). The van der Waals surface area contributed by atoms with Crippen molar-refractivity contribution in [1.29, 1.82) is 0 Å². The molecule has 0 fully saturated rings. The van der Waals surface area contributed by atoms with Crippen LogP contribution >= 0.6 is 11.6 Å². The van der Waals surface area contributed by atoms with Gasteiger partial charge < -0.3 is 4.98 Å². The van der Waals surface area contributed by atoms with E-state index in [1.165, 1.54) is 0 Å². The first kappa shape index (κ1) is 18.3. The molecule has 4 nitrogen and oxygen atoms in total. The first-order valence-electron chi connectivity index (χ1n) is 9.51. The normalized spacial score (nSPS) is 11.0. The molecule has 3 aromatic carbocycles. The molecule has 0 aliphatic rings. The van der Waals surface area contributed by atoms with Crippen molar-refractivity contribution in [3.05, 3.63) is 106 Å². The molecule has 0 aliphatic heterocycles. The Labute approximate surface area is 177 Å². The molecule has 0 amide bonds. The number of H-pyrrole nitrogens is 1. The van der Waals surface area contributed by atoms with E-state index in [4.69, 9.17) is 21.6 Å². The van der Waals surface area contributed by atoms with Gasteiger partial charge in [0.1, 0.15) is 5.82 Å². The van der Waals surface area contributed by atoms with Gasteiger partial charge in [0.15, 0.2) is 5.65 Å². The van der Waals surface area contributed by atoms with Gasteiger partial charge in [-0.3, -0.25) is 4.79 Å². The van der Waals surface area contributed by atoms with Crippen molar-refractivity contribution in [2.75, 3.05) is 0 Å². The summed E-state index contributed by atoms with van der Waals surface area (Å²) in [4.78, 5) is 25.5. The molecule has 5 rings (SSSR count). The van der Waals surface area contributed by atoms with Gasteiger partial charge in [-0.2, -0.15) is 0 Å². The average Bonchev–Trinajstić information content (AvgIpc) is 2.80. The van der Waals surface area contributed by atoms with E-state index in [2.05, 4.69) is 4.98 Å². The summed E-state index contributed by atoms with van der Waals surface area (Å²) in [5, 5.41) is 1.13. The van der Waals surface area contributed by atoms with Crippen LogP contribution in [-0.4, -0.2) is 15.0 Å². The molecule has 0 radical (unpaired) electrons. The lowest BCUT2D eigenvalue weighted by molar-refractivity contribution is 1.15. The van der Waals surface area contributed by atoms with Gasteiger partial charge in [-0.15, -0.1) is 0 Å². The smallest absolute Gasteiger partial charge is 0.261 e. The number of aromatic amines is 1. The zero-order valence-corrected chi connectivity index (χ0v) is 16.6. The third-order valence-corrected chi connectivity index (χ3v) is 5.20. The lowest BCUT2D eigenvalue weighted by Crippen LogP contribution is -2.12. The summed E-state index contributed by atoms with van der Waals surface area (Å²) in [5.41, 5.74) is 4.38. The minimum absolute atomic E-state index is 0.215. The summed E-state index contributed by atoms with van der Waals surface area (Å²) in [6, 6.07) is 28.8. The summed E-state index contributed by atoms with van der Waals surface area (Å²) >= 11 is 6.05. The van der Waals surface area contributed by atoms with Crippen molar-refractivity contribution in [3.63, 3.8) is 0 Å². The number of rotatable bonds is 3. The Hall–Kier alpha value is -3.76. The van der Waals surface area contributed by atoms with E-state index in [0.29, 0.717) is 21.9 Å². The lowest BCUT2D eigenvalue weighted by atomic mass is 10.00. The molecular weight excluding hydrogens is 394 g/mol. The number of aromatic nitrogens is 3. The van der Waals surface area contributed by atoms with Gasteiger partial charge in [0, 0.05) is 21.7 Å². The number of pyridine rings is 1. The Balaban J connectivity index is 1.82. The highest BCUT2D eigenvalue weighted by molar-refractivity contribution is 6.30. The van der Waals surface area contributed by atoms with Crippen LogP contribution in [-0.2, 0) is 0 Å². The van der Waals surface area contributed by atoms with Gasteiger partial charge in [0.2, 0.25) is 0 Å². The molecule has 0 unspecified atom stereocenters. The van der Waals surface area contributed by atoms with Crippen LogP contribution in [0.3, 0.4) is 0 Å². The van der Waals surface area contributed by atoms with Crippen molar-refractivity contribution >= 4 is 22.6 Å². The first-order valence-corrected chi connectivity index (χ1v) is 9.89. The predicted octanol–water partition coefficient (Wildman–Crippen LogP) is 5.97. The predicted molar refractivity (Wildman–Crippen MR) is 121 cm³/mol. The molecule has 2 heterocycles. The number of fused-ring (bicyclic) bond motifs is 1. The highest BCUT2D eigenvalue weighted by Gasteiger charge is 2.15. The summed E-state index contributed by atoms with van der Waals surface area (Å²) in [7, 11) is 0. The zero-order chi connectivity index (χ0) is 20.5. The van der Waals surface area contributed by atoms with E-state index in [1.54, 1.807) is 0 Å². The summed E-state index contributed by atoms with van der Waals surface area (Å²) in [6.07, 6.45) is 0. The van der Waals surface area contributed by atoms with E-state index >= 15 is 0 Å². The highest BCUT2D eigenvalue weighted by Crippen LogP contribution is 2.30. The molecule has 2 aromatic heterocycles. The second-order valence-electron chi connectivity index (χ2n) is 6.91. The van der Waals surface area contributed by atoms with Crippen molar-refractivity contribution < 1.29 is 0 Å². The maximum Gasteiger partial charge on any atom is 0.261 e. The number of benzene rings is 3. The Kier molecular flexibility index (Phi) is 4.62. The lowest BCUT2D eigenvalue weighted by Gasteiger charge is -2.11. The maximum atomic E-state index is 13.1. The van der Waals surface area contributed by atoms with Gasteiger partial charge in [-0.1, -0.05) is 84.4 Å². The van der Waals surface area contributed by atoms with E-state index in [9.17, 15) is 4.79 Å². The first-order chi connectivity index (χ1) is 14.7. The summed E-state index contributed by atoms with van der Waals surface area (Å²) in [6.45, 7) is 0. The monoisotopic (exact) mass is 409 g/mol. The van der Waals surface area contributed by atoms with Crippen LogP contribution in [0.25, 0.3) is 44.8 Å². The van der Waals surface area contributed by atoms with Crippen molar-refractivity contribution in [2.24, 2.45) is 0 Å². The van der Waals surface area contributed by atoms with Crippen LogP contribution in [0, 0.1) is 0 Å². The van der Waals surface area contributed by atoms with Crippen LogP contribution < -0.4 is 5.56 Å². The Morgan fingerprint density at radius 3 is 2.00 bits per heavy atom. The minimum Gasteiger partial charge on any atom is -0.306 e. The summed E-state index contributed by atoms with van der Waals surface area (Å²) in [5.74, 6) is 0.493. The van der Waals surface area contributed by atoms with E-state index in [1.807, 2.05) is 91.0 Å². The summed E-state index contributed by atoms with van der Waals surface area (Å²) < 4.78 is 0. The molecule has 0 bridgehead atoms. The highest BCUT2D eigenvalue weighted by atomic mass is 35.5. The fourth-order valence-corrected chi connectivity index (χ4v) is 3.61. The fraction of sp³-hybridized carbons (Fsp3) is 0. The Bertz CT molecular complexity index is 1400. The molecule has 0 atom stereocenters. The average molecular weight is 410 g/mol. The van der Waals surface area contributed by atoms with Crippen molar-refractivity contribution in [1.82, 2.24) is 15.0 Å². The topological polar surface area (TPSA) is 58.6 Å². The molecule has 0 spiro atoms. The van der Waals surface area contributed by atoms with Crippen LogP contribution in [0.15, 0.2) is 95.8 Å². The van der Waals surface area contributed by atoms with Gasteiger partial charge in [0.05, 0.1) is 11.1 Å². The molecule has 30 heavy (non-hydrogen) atoms.